The topological polar surface area (TPSA) is 38.8 Å². The van der Waals surface area contributed by atoms with E-state index in [9.17, 15) is 4.79 Å². The Morgan fingerprint density at radius 1 is 0.862 bits per heavy atom. The average molecular weight is 387 g/mol. The fraction of sp³-hybridized carbons (Fsp3) is 0.240. The van der Waals surface area contributed by atoms with Gasteiger partial charge >= 0.3 is 0 Å². The molecule has 0 fully saturated rings. The largest absolute Gasteiger partial charge is 0.494 e. The van der Waals surface area contributed by atoms with E-state index in [-0.39, 0.29) is 5.91 Å². The first-order valence-corrected chi connectivity index (χ1v) is 10.0. The monoisotopic (exact) mass is 387 g/mol. The zero-order valence-corrected chi connectivity index (χ0v) is 16.6. The van der Waals surface area contributed by atoms with Crippen LogP contribution in [0, 0.1) is 0 Å². The van der Waals surface area contributed by atoms with Crippen LogP contribution >= 0.6 is 0 Å². The molecule has 0 bridgehead atoms. The molecule has 4 nitrogen and oxygen atoms in total. The third kappa shape index (κ3) is 4.60. The van der Waals surface area contributed by atoms with E-state index in [1.54, 1.807) is 0 Å². The van der Waals surface area contributed by atoms with Crippen molar-refractivity contribution in [3.05, 3.63) is 95.1 Å². The third-order valence-electron chi connectivity index (χ3n) is 5.16. The molecule has 4 rings (SSSR count). The van der Waals surface area contributed by atoms with Crippen molar-refractivity contribution < 1.29 is 14.3 Å². The van der Waals surface area contributed by atoms with E-state index in [2.05, 4.69) is 18.2 Å². The maximum atomic E-state index is 12.9. The maximum Gasteiger partial charge on any atom is 0.254 e. The number of amides is 1. The second kappa shape index (κ2) is 8.82. The Balaban J connectivity index is 1.34. The molecule has 3 aromatic rings. The summed E-state index contributed by atoms with van der Waals surface area (Å²) in [5, 5.41) is 0. The Hall–Kier alpha value is -3.27. The molecule has 0 N–H and O–H groups in total. The highest BCUT2D eigenvalue weighted by atomic mass is 16.5. The first-order valence-electron chi connectivity index (χ1n) is 10.0. The van der Waals surface area contributed by atoms with E-state index < -0.39 is 0 Å². The van der Waals surface area contributed by atoms with Crippen LogP contribution < -0.4 is 9.47 Å². The maximum absolute atomic E-state index is 12.9. The molecular weight excluding hydrogens is 362 g/mol. The number of rotatable bonds is 6. The van der Waals surface area contributed by atoms with Crippen LogP contribution in [-0.4, -0.2) is 24.0 Å². The fourth-order valence-electron chi connectivity index (χ4n) is 3.56. The molecule has 1 amide bonds. The van der Waals surface area contributed by atoms with Crippen LogP contribution in [0.4, 0.5) is 0 Å². The predicted octanol–water partition coefficient (Wildman–Crippen LogP) is 4.86. The van der Waals surface area contributed by atoms with Crippen LogP contribution in [0.15, 0.2) is 72.8 Å². The number of carbonyl (C=O) groups is 1. The van der Waals surface area contributed by atoms with Gasteiger partial charge in [0.25, 0.3) is 5.91 Å². The van der Waals surface area contributed by atoms with Crippen molar-refractivity contribution in [2.24, 2.45) is 0 Å². The van der Waals surface area contributed by atoms with Gasteiger partial charge in [0.15, 0.2) is 0 Å². The Kier molecular flexibility index (Phi) is 5.80. The molecule has 0 aliphatic carbocycles. The molecule has 3 aromatic carbocycles. The molecule has 1 aliphatic rings. The molecule has 0 unspecified atom stereocenters. The smallest absolute Gasteiger partial charge is 0.254 e. The molecule has 29 heavy (non-hydrogen) atoms. The van der Waals surface area contributed by atoms with Gasteiger partial charge in [-0.05, 0) is 66.4 Å². The summed E-state index contributed by atoms with van der Waals surface area (Å²) in [5.41, 5.74) is 4.33. The summed E-state index contributed by atoms with van der Waals surface area (Å²) in [6, 6.07) is 23.6. The summed E-state index contributed by atoms with van der Waals surface area (Å²) in [7, 11) is 0. The lowest BCUT2D eigenvalue weighted by Crippen LogP contribution is -2.35. The molecule has 0 saturated carbocycles. The van der Waals surface area contributed by atoms with Crippen LogP contribution in [0.1, 0.15) is 34.0 Å². The Morgan fingerprint density at radius 2 is 1.52 bits per heavy atom. The summed E-state index contributed by atoms with van der Waals surface area (Å²) < 4.78 is 11.3. The van der Waals surface area contributed by atoms with Gasteiger partial charge in [-0.25, -0.2) is 0 Å². The highest BCUT2D eigenvalue weighted by Crippen LogP contribution is 2.21. The first kappa shape index (κ1) is 19.1. The number of fused-ring (bicyclic) bond motifs is 1. The molecule has 0 atom stereocenters. The van der Waals surface area contributed by atoms with Crippen LogP contribution in [0.25, 0.3) is 0 Å². The summed E-state index contributed by atoms with van der Waals surface area (Å²) in [6.45, 7) is 4.51. The molecule has 1 aliphatic heterocycles. The standard InChI is InChI=1S/C25H25NO3/c1-2-28-23-11-13-24(14-12-23)29-18-19-7-9-21(10-8-19)25(27)26-16-15-20-5-3-4-6-22(20)17-26/h3-14H,2,15-18H2,1H3. The number of ether oxygens (including phenoxy) is 2. The van der Waals surface area contributed by atoms with Crippen LogP contribution in [0.5, 0.6) is 11.5 Å². The number of benzene rings is 3. The average Bonchev–Trinajstić information content (AvgIpc) is 2.78. The molecule has 0 saturated heterocycles. The lowest BCUT2D eigenvalue weighted by Gasteiger charge is -2.29. The van der Waals surface area contributed by atoms with E-state index >= 15 is 0 Å². The normalized spacial score (nSPS) is 12.9. The van der Waals surface area contributed by atoms with E-state index in [0.717, 1.165) is 30.0 Å². The molecule has 4 heteroatoms. The third-order valence-corrected chi connectivity index (χ3v) is 5.16. The van der Waals surface area contributed by atoms with Crippen LogP contribution in [-0.2, 0) is 19.6 Å². The zero-order chi connectivity index (χ0) is 20.1. The number of nitrogens with zero attached hydrogens (tertiary/aromatic N) is 1. The number of hydrogen-bond donors (Lipinski definition) is 0. The molecule has 0 spiro atoms. The van der Waals surface area contributed by atoms with Crippen LogP contribution in [0.2, 0.25) is 0 Å². The van der Waals surface area contributed by atoms with Gasteiger partial charge in [0.05, 0.1) is 6.61 Å². The lowest BCUT2D eigenvalue weighted by molar-refractivity contribution is 0.0734. The van der Waals surface area contributed by atoms with Gasteiger partial charge in [-0.2, -0.15) is 0 Å². The molecule has 0 aromatic heterocycles. The highest BCUT2D eigenvalue weighted by Gasteiger charge is 2.21. The van der Waals surface area contributed by atoms with Crippen molar-refractivity contribution in [3.8, 4) is 11.5 Å². The van der Waals surface area contributed by atoms with E-state index in [1.165, 1.54) is 11.1 Å². The second-order valence-corrected chi connectivity index (χ2v) is 7.14. The first-order chi connectivity index (χ1) is 14.2. The van der Waals surface area contributed by atoms with Gasteiger partial charge in [-0.15, -0.1) is 0 Å². The summed E-state index contributed by atoms with van der Waals surface area (Å²) in [5.74, 6) is 1.71. The summed E-state index contributed by atoms with van der Waals surface area (Å²) in [6.07, 6.45) is 0.913. The van der Waals surface area contributed by atoms with E-state index in [4.69, 9.17) is 9.47 Å². The Morgan fingerprint density at radius 3 is 2.21 bits per heavy atom. The van der Waals surface area contributed by atoms with Gasteiger partial charge in [-0.1, -0.05) is 36.4 Å². The fourth-order valence-corrected chi connectivity index (χ4v) is 3.56. The van der Waals surface area contributed by atoms with Gasteiger partial charge < -0.3 is 14.4 Å². The van der Waals surface area contributed by atoms with E-state index in [1.807, 2.05) is 66.4 Å². The molecule has 0 radical (unpaired) electrons. The summed E-state index contributed by atoms with van der Waals surface area (Å²) in [4.78, 5) is 14.8. The second-order valence-electron chi connectivity index (χ2n) is 7.14. The van der Waals surface area contributed by atoms with Crippen molar-refractivity contribution in [2.75, 3.05) is 13.2 Å². The Bertz CT molecular complexity index is 964. The van der Waals surface area contributed by atoms with Crippen molar-refractivity contribution in [1.82, 2.24) is 4.90 Å². The van der Waals surface area contributed by atoms with Crippen LogP contribution in [0.3, 0.4) is 0 Å². The predicted molar refractivity (Wildman–Crippen MR) is 113 cm³/mol. The minimum absolute atomic E-state index is 0.0819. The molecular formula is C25H25NO3. The van der Waals surface area contributed by atoms with Gasteiger partial charge in [-0.3, -0.25) is 4.79 Å². The van der Waals surface area contributed by atoms with Gasteiger partial charge in [0.2, 0.25) is 0 Å². The van der Waals surface area contributed by atoms with Crippen molar-refractivity contribution in [1.29, 1.82) is 0 Å². The quantitative estimate of drug-likeness (QED) is 0.606. The van der Waals surface area contributed by atoms with Gasteiger partial charge in [0, 0.05) is 18.7 Å². The van der Waals surface area contributed by atoms with Crippen molar-refractivity contribution in [3.63, 3.8) is 0 Å². The van der Waals surface area contributed by atoms with Gasteiger partial charge in [0.1, 0.15) is 18.1 Å². The highest BCUT2D eigenvalue weighted by molar-refractivity contribution is 5.94. The van der Waals surface area contributed by atoms with Crippen molar-refractivity contribution >= 4 is 5.91 Å². The molecule has 1 heterocycles. The Labute approximate surface area is 171 Å². The minimum Gasteiger partial charge on any atom is -0.494 e. The number of hydrogen-bond acceptors (Lipinski definition) is 3. The lowest BCUT2D eigenvalue weighted by atomic mass is 9.99. The zero-order valence-electron chi connectivity index (χ0n) is 16.6. The summed E-state index contributed by atoms with van der Waals surface area (Å²) >= 11 is 0. The minimum atomic E-state index is 0.0819. The van der Waals surface area contributed by atoms with E-state index in [0.29, 0.717) is 25.3 Å². The SMILES string of the molecule is CCOc1ccc(OCc2ccc(C(=O)N3CCc4ccccc4C3)cc2)cc1. The van der Waals surface area contributed by atoms with Crippen molar-refractivity contribution in [2.45, 2.75) is 26.5 Å². The number of carbonyl (C=O) groups excluding carboxylic acids is 1. The molecule has 148 valence electrons.